The maximum absolute atomic E-state index is 9.51. The predicted molar refractivity (Wildman–Crippen MR) is 39.0 cm³/mol. The Morgan fingerprint density at radius 3 is 1.14 bits per heavy atom. The van der Waals surface area contributed by atoms with Gasteiger partial charge in [0.15, 0.2) is 0 Å². The molecule has 0 radical (unpaired) electrons. The second-order valence-electron chi connectivity index (χ2n) is 1.39. The van der Waals surface area contributed by atoms with Crippen LogP contribution in [-0.4, -0.2) is 32.0 Å². The van der Waals surface area contributed by atoms with Crippen LogP contribution in [0.5, 0.6) is 0 Å². The van der Waals surface area contributed by atoms with Gasteiger partial charge in [-0.15, -0.1) is 0 Å². The van der Waals surface area contributed by atoms with E-state index in [1.807, 2.05) is 0 Å². The first-order valence-corrected chi connectivity index (χ1v) is 5.04. The molecule has 0 rings (SSSR count). The van der Waals surface area contributed by atoms with Crippen molar-refractivity contribution < 1.29 is 39.4 Å². The molecule has 0 aromatic rings. The van der Waals surface area contributed by atoms with Gasteiger partial charge in [0.25, 0.3) is 0 Å². The van der Waals surface area contributed by atoms with Crippen LogP contribution in [0, 0.1) is 0 Å². The number of hydrogen-bond acceptors (Lipinski definition) is 7. The average Bonchev–Trinajstić information content (AvgIpc) is 1.79. The molecule has 0 aliphatic rings. The molecule has 0 aromatic carbocycles. The molecule has 86 valence electrons. The molecular formula is CH6N2O9S2. The molecule has 0 saturated heterocycles. The topological polar surface area (TPSA) is 196 Å². The number of carbonyl (C=O) groups is 1. The Labute approximate surface area is 78.4 Å². The molecule has 0 saturated carbocycles. The number of carbonyl (C=O) groups excluding carboxylic acids is 1. The standard InChI is InChI=1S/CH4N2O.H2O8S2/c2-1(3)4;1-9(2,3)7-8-10(4,5)6/h(H4,2,3,4);(H,1,2,3)(H,4,5,6). The van der Waals surface area contributed by atoms with Crippen LogP contribution in [0.3, 0.4) is 0 Å². The lowest BCUT2D eigenvalue weighted by atomic mass is 11.2. The Balaban J connectivity index is 0. The largest absolute Gasteiger partial charge is 0.425 e. The molecule has 2 amide bonds. The molecule has 0 spiro atoms. The number of hydrogen-bond donors (Lipinski definition) is 4. The molecule has 0 atom stereocenters. The van der Waals surface area contributed by atoms with Crippen LogP contribution in [0.25, 0.3) is 0 Å². The van der Waals surface area contributed by atoms with Gasteiger partial charge in [-0.3, -0.25) is 9.11 Å². The first kappa shape index (κ1) is 15.5. The summed E-state index contributed by atoms with van der Waals surface area (Å²) in [4.78, 5) is 9.00. The molecular weight excluding hydrogens is 248 g/mol. The van der Waals surface area contributed by atoms with Crippen molar-refractivity contribution in [2.75, 3.05) is 0 Å². The third kappa shape index (κ3) is 30.5. The highest BCUT2D eigenvalue weighted by Gasteiger charge is 2.13. The van der Waals surface area contributed by atoms with E-state index in [-0.39, 0.29) is 0 Å². The van der Waals surface area contributed by atoms with E-state index in [0.29, 0.717) is 0 Å². The van der Waals surface area contributed by atoms with Gasteiger partial charge < -0.3 is 11.5 Å². The smallest absolute Gasteiger partial charge is 0.352 e. The third-order valence-electron chi connectivity index (χ3n) is 0.200. The summed E-state index contributed by atoms with van der Waals surface area (Å²) in [6.45, 7) is 0. The van der Waals surface area contributed by atoms with Crippen LogP contribution in [0.15, 0.2) is 0 Å². The number of rotatable bonds is 3. The van der Waals surface area contributed by atoms with Crippen molar-refractivity contribution in [3.05, 3.63) is 0 Å². The Morgan fingerprint density at radius 1 is 0.929 bits per heavy atom. The molecule has 0 aliphatic carbocycles. The Kier molecular flexibility index (Phi) is 6.28. The second-order valence-corrected chi connectivity index (χ2v) is 3.38. The molecule has 14 heavy (non-hydrogen) atoms. The zero-order chi connectivity index (χ0) is 12.0. The maximum Gasteiger partial charge on any atom is 0.425 e. The van der Waals surface area contributed by atoms with Gasteiger partial charge >= 0.3 is 26.8 Å². The van der Waals surface area contributed by atoms with Crippen LogP contribution >= 0.6 is 0 Å². The molecule has 0 aromatic heterocycles. The summed E-state index contributed by atoms with van der Waals surface area (Å²) in [7, 11) is -10.0. The molecule has 11 nitrogen and oxygen atoms in total. The number of urea groups is 1. The average molecular weight is 254 g/mol. The highest BCUT2D eigenvalue weighted by Crippen LogP contribution is 1.92. The van der Waals surface area contributed by atoms with Crippen LogP contribution in [0.2, 0.25) is 0 Å². The van der Waals surface area contributed by atoms with Gasteiger partial charge in [-0.1, -0.05) is 8.67 Å². The zero-order valence-corrected chi connectivity index (χ0v) is 7.86. The van der Waals surface area contributed by atoms with Gasteiger partial charge in [0.1, 0.15) is 0 Å². The van der Waals surface area contributed by atoms with E-state index in [0.717, 1.165) is 0 Å². The normalized spacial score (nSPS) is 11.3. The lowest BCUT2D eigenvalue weighted by molar-refractivity contribution is -0.105. The van der Waals surface area contributed by atoms with Crippen molar-refractivity contribution in [3.8, 4) is 0 Å². The van der Waals surface area contributed by atoms with Gasteiger partial charge in [-0.25, -0.2) is 4.79 Å². The summed E-state index contributed by atoms with van der Waals surface area (Å²) in [5.74, 6) is 0. The summed E-state index contributed by atoms with van der Waals surface area (Å²) in [6, 6.07) is -0.833. The van der Waals surface area contributed by atoms with Gasteiger partial charge in [0.05, 0.1) is 0 Å². The summed E-state index contributed by atoms with van der Waals surface area (Å²) in [5.41, 5.74) is 8.50. The number of nitrogens with two attached hydrogens (primary N) is 2. The quantitative estimate of drug-likeness (QED) is 0.240. The van der Waals surface area contributed by atoms with E-state index < -0.39 is 26.8 Å². The SMILES string of the molecule is NC(N)=O.O=S(=O)(O)OOS(=O)(=O)O. The molecule has 13 heteroatoms. The fourth-order valence-electron chi connectivity index (χ4n) is 0.0702. The summed E-state index contributed by atoms with van der Waals surface area (Å²) in [5, 5.41) is 0. The number of amides is 2. The Morgan fingerprint density at radius 2 is 1.07 bits per heavy atom. The van der Waals surface area contributed by atoms with Crippen molar-refractivity contribution >= 4 is 26.8 Å². The van der Waals surface area contributed by atoms with Crippen LogP contribution in [0.4, 0.5) is 4.79 Å². The van der Waals surface area contributed by atoms with Gasteiger partial charge in [0.2, 0.25) is 0 Å². The lowest BCUT2D eigenvalue weighted by Crippen LogP contribution is -2.18. The van der Waals surface area contributed by atoms with E-state index in [9.17, 15) is 16.8 Å². The van der Waals surface area contributed by atoms with Crippen LogP contribution < -0.4 is 11.5 Å². The predicted octanol–water partition coefficient (Wildman–Crippen LogP) is -2.44. The van der Waals surface area contributed by atoms with Crippen molar-refractivity contribution in [1.82, 2.24) is 0 Å². The van der Waals surface area contributed by atoms with Crippen molar-refractivity contribution in [2.24, 2.45) is 11.5 Å². The summed E-state index contributed by atoms with van der Waals surface area (Å²) < 4.78 is 58.9. The van der Waals surface area contributed by atoms with Crippen molar-refractivity contribution in [1.29, 1.82) is 0 Å². The van der Waals surface area contributed by atoms with E-state index in [1.165, 1.54) is 0 Å². The van der Waals surface area contributed by atoms with Gasteiger partial charge in [-0.05, 0) is 0 Å². The third-order valence-corrected chi connectivity index (χ3v) is 0.766. The molecule has 6 N–H and O–H groups in total. The first-order valence-electron chi connectivity index (χ1n) is 2.31. The maximum atomic E-state index is 9.51. The number of primary amides is 2. The van der Waals surface area contributed by atoms with Gasteiger partial charge in [0, 0.05) is 0 Å². The molecule has 0 unspecified atom stereocenters. The van der Waals surface area contributed by atoms with Crippen LogP contribution in [-0.2, 0) is 29.5 Å². The minimum atomic E-state index is -5.02. The Hall–Kier alpha value is -0.990. The second kappa shape index (κ2) is 5.68. The zero-order valence-electron chi connectivity index (χ0n) is 6.22. The van der Waals surface area contributed by atoms with E-state index in [4.69, 9.17) is 13.9 Å². The molecule has 0 aliphatic heterocycles. The minimum Gasteiger partial charge on any atom is -0.352 e. The molecule has 0 bridgehead atoms. The lowest BCUT2D eigenvalue weighted by Gasteiger charge is -1.92. The van der Waals surface area contributed by atoms with Crippen molar-refractivity contribution in [2.45, 2.75) is 0 Å². The van der Waals surface area contributed by atoms with E-state index in [1.54, 1.807) is 0 Å². The minimum absolute atomic E-state index is 0.833. The highest BCUT2D eigenvalue weighted by molar-refractivity contribution is 7.83. The summed E-state index contributed by atoms with van der Waals surface area (Å²) in [6.07, 6.45) is 0. The Bertz CT molecular complexity index is 328. The molecule has 0 fully saturated rings. The fraction of sp³-hybridized carbons (Fsp3) is 0. The first-order chi connectivity index (χ1) is 5.94. The fourth-order valence-corrected chi connectivity index (χ4v) is 0.632. The van der Waals surface area contributed by atoms with E-state index >= 15 is 0 Å². The molecule has 0 heterocycles. The monoisotopic (exact) mass is 254 g/mol. The van der Waals surface area contributed by atoms with Gasteiger partial charge in [-0.2, -0.15) is 16.8 Å². The highest BCUT2D eigenvalue weighted by atomic mass is 32.3. The van der Waals surface area contributed by atoms with Crippen molar-refractivity contribution in [3.63, 3.8) is 0 Å². The van der Waals surface area contributed by atoms with Crippen LogP contribution in [0.1, 0.15) is 0 Å². The summed E-state index contributed by atoms with van der Waals surface area (Å²) >= 11 is 0. The van der Waals surface area contributed by atoms with E-state index in [2.05, 4.69) is 20.1 Å².